The number of aromatic nitrogens is 2. The first-order valence-corrected chi connectivity index (χ1v) is 10.7. The molecule has 1 N–H and O–H groups in total. The smallest absolute Gasteiger partial charge is 0.322 e. The Morgan fingerprint density at radius 3 is 2.33 bits per heavy atom. The van der Waals surface area contributed by atoms with Gasteiger partial charge in [-0.05, 0) is 37.3 Å². The highest BCUT2D eigenvalue weighted by Gasteiger charge is 2.23. The van der Waals surface area contributed by atoms with Crippen LogP contribution < -0.4 is 25.2 Å². The highest BCUT2D eigenvalue weighted by molar-refractivity contribution is 5.91. The molecular weight excluding hydrogens is 422 g/mol. The van der Waals surface area contributed by atoms with Gasteiger partial charge < -0.3 is 24.6 Å². The number of carbonyl (C=O) groups is 1. The summed E-state index contributed by atoms with van der Waals surface area (Å²) < 4.78 is 12.0. The molecular formula is C24H27N5O4. The molecule has 0 bridgehead atoms. The number of aryl methyl sites for hydroxylation is 1. The summed E-state index contributed by atoms with van der Waals surface area (Å²) in [6.07, 6.45) is 0. The van der Waals surface area contributed by atoms with E-state index in [1.54, 1.807) is 43.4 Å². The highest BCUT2D eigenvalue weighted by Crippen LogP contribution is 2.29. The number of nitrogens with zero attached hydrogens (tertiary/aromatic N) is 4. The van der Waals surface area contributed by atoms with Crippen LogP contribution in [0.1, 0.15) is 5.56 Å². The van der Waals surface area contributed by atoms with E-state index in [-0.39, 0.29) is 11.6 Å². The number of nitrogens with one attached hydrogen (secondary N) is 1. The molecule has 33 heavy (non-hydrogen) atoms. The van der Waals surface area contributed by atoms with E-state index in [0.717, 1.165) is 11.3 Å². The average molecular weight is 450 g/mol. The molecule has 1 aliphatic rings. The van der Waals surface area contributed by atoms with Crippen molar-refractivity contribution in [2.75, 3.05) is 50.6 Å². The molecule has 2 aromatic carbocycles. The predicted molar refractivity (Wildman–Crippen MR) is 127 cm³/mol. The van der Waals surface area contributed by atoms with Crippen molar-refractivity contribution < 1.29 is 14.3 Å². The van der Waals surface area contributed by atoms with E-state index in [1.165, 1.54) is 10.7 Å². The summed E-state index contributed by atoms with van der Waals surface area (Å²) in [4.78, 5) is 29.0. The minimum absolute atomic E-state index is 0.187. The van der Waals surface area contributed by atoms with Gasteiger partial charge in [0.05, 0.1) is 25.6 Å². The maximum Gasteiger partial charge on any atom is 0.322 e. The van der Waals surface area contributed by atoms with Crippen LogP contribution in [0.3, 0.4) is 0 Å². The van der Waals surface area contributed by atoms with Crippen LogP contribution in [0.5, 0.6) is 11.5 Å². The monoisotopic (exact) mass is 449 g/mol. The second-order valence-electron chi connectivity index (χ2n) is 7.75. The van der Waals surface area contributed by atoms with E-state index < -0.39 is 0 Å². The Morgan fingerprint density at radius 2 is 1.67 bits per heavy atom. The van der Waals surface area contributed by atoms with Crippen LogP contribution in [0.2, 0.25) is 0 Å². The average Bonchev–Trinajstić information content (AvgIpc) is 2.85. The van der Waals surface area contributed by atoms with E-state index in [9.17, 15) is 9.59 Å². The first-order valence-electron chi connectivity index (χ1n) is 10.7. The minimum Gasteiger partial charge on any atom is -0.497 e. The Labute approximate surface area is 192 Å². The maximum absolute atomic E-state index is 12.8. The second kappa shape index (κ2) is 9.64. The van der Waals surface area contributed by atoms with Crippen LogP contribution in [0.4, 0.5) is 16.3 Å². The molecule has 172 valence electrons. The molecule has 2 heterocycles. The third-order valence-corrected chi connectivity index (χ3v) is 5.60. The van der Waals surface area contributed by atoms with Gasteiger partial charge >= 0.3 is 6.03 Å². The minimum atomic E-state index is -0.209. The quantitative estimate of drug-likeness (QED) is 0.644. The molecule has 3 aromatic rings. The van der Waals surface area contributed by atoms with Crippen LogP contribution in [0.25, 0.3) is 5.69 Å². The lowest BCUT2D eigenvalue weighted by Gasteiger charge is -2.35. The van der Waals surface area contributed by atoms with Gasteiger partial charge in [0.15, 0.2) is 0 Å². The van der Waals surface area contributed by atoms with Gasteiger partial charge in [-0.3, -0.25) is 4.79 Å². The molecule has 9 heteroatoms. The summed E-state index contributed by atoms with van der Waals surface area (Å²) in [5.41, 5.74) is 2.20. The van der Waals surface area contributed by atoms with Gasteiger partial charge in [-0.1, -0.05) is 17.7 Å². The van der Waals surface area contributed by atoms with Gasteiger partial charge in [0.2, 0.25) is 0 Å². The zero-order chi connectivity index (χ0) is 23.4. The molecule has 1 aromatic heterocycles. The lowest BCUT2D eigenvalue weighted by molar-refractivity contribution is 0.208. The van der Waals surface area contributed by atoms with Gasteiger partial charge in [-0.2, -0.15) is 4.68 Å². The third-order valence-electron chi connectivity index (χ3n) is 5.60. The summed E-state index contributed by atoms with van der Waals surface area (Å²) in [5.74, 6) is 1.89. The van der Waals surface area contributed by atoms with E-state index in [0.29, 0.717) is 49.2 Å². The van der Waals surface area contributed by atoms with Crippen molar-refractivity contribution in [1.82, 2.24) is 14.7 Å². The van der Waals surface area contributed by atoms with E-state index in [2.05, 4.69) is 15.3 Å². The number of anilines is 2. The molecule has 1 aliphatic heterocycles. The van der Waals surface area contributed by atoms with Crippen molar-refractivity contribution in [1.29, 1.82) is 0 Å². The lowest BCUT2D eigenvalue weighted by atomic mass is 10.2. The largest absolute Gasteiger partial charge is 0.497 e. The maximum atomic E-state index is 12.8. The zero-order valence-electron chi connectivity index (χ0n) is 18.9. The number of hydrogen-bond acceptors (Lipinski definition) is 6. The predicted octanol–water partition coefficient (Wildman–Crippen LogP) is 2.91. The SMILES string of the molecule is COc1ccc(OC)c(NC(=O)N2CCN(c3ccc(=O)n(-c4ccc(C)cc4)n3)CC2)c1. The van der Waals surface area contributed by atoms with Crippen molar-refractivity contribution in [2.24, 2.45) is 0 Å². The molecule has 9 nitrogen and oxygen atoms in total. The van der Waals surface area contributed by atoms with E-state index >= 15 is 0 Å². The van der Waals surface area contributed by atoms with Crippen LogP contribution in [0, 0.1) is 6.92 Å². The third kappa shape index (κ3) is 4.92. The number of benzene rings is 2. The number of urea groups is 1. The number of hydrogen-bond donors (Lipinski definition) is 1. The normalized spacial score (nSPS) is 13.5. The topological polar surface area (TPSA) is 88.9 Å². The highest BCUT2D eigenvalue weighted by atomic mass is 16.5. The summed E-state index contributed by atoms with van der Waals surface area (Å²) >= 11 is 0. The van der Waals surface area contributed by atoms with Crippen LogP contribution in [0.15, 0.2) is 59.4 Å². The van der Waals surface area contributed by atoms with Crippen molar-refractivity contribution >= 4 is 17.5 Å². The number of rotatable bonds is 5. The lowest BCUT2D eigenvalue weighted by Crippen LogP contribution is -2.50. The molecule has 4 rings (SSSR count). The fourth-order valence-electron chi connectivity index (χ4n) is 3.69. The Balaban J connectivity index is 1.43. The Bertz CT molecular complexity index is 1180. The van der Waals surface area contributed by atoms with Crippen molar-refractivity contribution in [3.63, 3.8) is 0 Å². The van der Waals surface area contributed by atoms with Crippen LogP contribution >= 0.6 is 0 Å². The number of carbonyl (C=O) groups excluding carboxylic acids is 1. The molecule has 0 unspecified atom stereocenters. The molecule has 2 amide bonds. The van der Waals surface area contributed by atoms with Gasteiger partial charge in [-0.15, -0.1) is 5.10 Å². The zero-order valence-corrected chi connectivity index (χ0v) is 18.9. The Hall–Kier alpha value is -4.01. The van der Waals surface area contributed by atoms with E-state index in [4.69, 9.17) is 9.47 Å². The fraction of sp³-hybridized carbons (Fsp3) is 0.292. The molecule has 0 aliphatic carbocycles. The van der Waals surface area contributed by atoms with Gasteiger partial charge in [-0.25, -0.2) is 4.79 Å². The van der Waals surface area contributed by atoms with Gasteiger partial charge in [0, 0.05) is 38.3 Å². The molecule has 1 fully saturated rings. The Morgan fingerprint density at radius 1 is 0.939 bits per heavy atom. The van der Waals surface area contributed by atoms with Crippen LogP contribution in [-0.2, 0) is 0 Å². The molecule has 0 radical (unpaired) electrons. The van der Waals surface area contributed by atoms with Crippen LogP contribution in [-0.4, -0.2) is 61.1 Å². The standard InChI is InChI=1S/C24H27N5O4/c1-17-4-6-18(7-5-17)29-23(30)11-10-22(26-29)27-12-14-28(15-13-27)24(31)25-20-16-19(32-2)8-9-21(20)33-3/h4-11,16H,12-15H2,1-3H3,(H,25,31). The molecule has 0 spiro atoms. The Kier molecular flexibility index (Phi) is 6.48. The van der Waals surface area contributed by atoms with Gasteiger partial charge in [0.1, 0.15) is 17.3 Å². The molecule has 1 saturated heterocycles. The summed E-state index contributed by atoms with van der Waals surface area (Å²) in [6, 6.07) is 15.9. The summed E-state index contributed by atoms with van der Waals surface area (Å²) in [5, 5.41) is 7.46. The fourth-order valence-corrected chi connectivity index (χ4v) is 3.69. The molecule has 0 atom stereocenters. The molecule has 0 saturated carbocycles. The van der Waals surface area contributed by atoms with Crippen molar-refractivity contribution in [3.8, 4) is 17.2 Å². The van der Waals surface area contributed by atoms with Gasteiger partial charge in [0.25, 0.3) is 5.56 Å². The number of piperazine rings is 1. The summed E-state index contributed by atoms with van der Waals surface area (Å²) in [7, 11) is 3.13. The number of methoxy groups -OCH3 is 2. The second-order valence-corrected chi connectivity index (χ2v) is 7.75. The van der Waals surface area contributed by atoms with E-state index in [1.807, 2.05) is 31.2 Å². The number of ether oxygens (including phenoxy) is 2. The first kappa shape index (κ1) is 22.2. The first-order chi connectivity index (χ1) is 16.0. The number of amides is 2. The summed E-state index contributed by atoms with van der Waals surface area (Å²) in [6.45, 7) is 4.23. The van der Waals surface area contributed by atoms with Crippen molar-refractivity contribution in [3.05, 3.63) is 70.5 Å². The van der Waals surface area contributed by atoms with Crippen molar-refractivity contribution in [2.45, 2.75) is 6.92 Å².